The highest BCUT2D eigenvalue weighted by Crippen LogP contribution is 2.06. The Balaban J connectivity index is 0.00000121. The van der Waals surface area contributed by atoms with E-state index in [0.717, 1.165) is 6.54 Å². The van der Waals surface area contributed by atoms with Crippen molar-refractivity contribution in [1.29, 1.82) is 0 Å². The van der Waals surface area contributed by atoms with Gasteiger partial charge in [-0.25, -0.2) is 9.13 Å². The Morgan fingerprint density at radius 3 is 2.50 bits per heavy atom. The molecule has 2 nitrogen and oxygen atoms in total. The number of rotatable bonds is 3. The quantitative estimate of drug-likeness (QED) is 0.578. The molecule has 1 unspecified atom stereocenters. The van der Waals surface area contributed by atoms with Crippen LogP contribution in [-0.4, -0.2) is 4.57 Å². The number of aryl methyl sites for hydroxylation is 1. The van der Waals surface area contributed by atoms with Crippen molar-refractivity contribution in [3.05, 3.63) is 18.7 Å². The van der Waals surface area contributed by atoms with Crippen molar-refractivity contribution in [3.63, 3.8) is 0 Å². The van der Waals surface area contributed by atoms with E-state index in [1.807, 2.05) is 0 Å². The van der Waals surface area contributed by atoms with E-state index in [4.69, 9.17) is 0 Å². The maximum absolute atomic E-state index is 2.25. The lowest BCUT2D eigenvalue weighted by Gasteiger charge is -2.01. The average molecular weight is 233 g/mol. The first-order valence-corrected chi connectivity index (χ1v) is 4.34. The van der Waals surface area contributed by atoms with Gasteiger partial charge in [0.05, 0.1) is 12.6 Å². The van der Waals surface area contributed by atoms with E-state index in [0.29, 0.717) is 6.04 Å². The van der Waals surface area contributed by atoms with Crippen LogP contribution >= 0.6 is 0 Å². The van der Waals surface area contributed by atoms with Crippen molar-refractivity contribution in [2.75, 3.05) is 0 Å². The lowest BCUT2D eigenvalue weighted by molar-refractivity contribution is -0.693. The SMILES string of the molecule is CCC(C)n1cc[n+](CC)c1.[Br-]. The molecular weight excluding hydrogens is 216 g/mol. The molecule has 0 N–H and O–H groups in total. The third kappa shape index (κ3) is 2.63. The van der Waals surface area contributed by atoms with Gasteiger partial charge in [-0.2, -0.15) is 0 Å². The van der Waals surface area contributed by atoms with Crippen molar-refractivity contribution >= 4 is 0 Å². The van der Waals surface area contributed by atoms with Gasteiger partial charge >= 0.3 is 0 Å². The van der Waals surface area contributed by atoms with Crippen LogP contribution in [0.5, 0.6) is 0 Å². The second kappa shape index (κ2) is 5.36. The summed E-state index contributed by atoms with van der Waals surface area (Å²) in [4.78, 5) is 0. The van der Waals surface area contributed by atoms with Crippen LogP contribution in [0.4, 0.5) is 0 Å². The van der Waals surface area contributed by atoms with E-state index in [-0.39, 0.29) is 17.0 Å². The molecule has 1 heterocycles. The molecule has 0 aliphatic heterocycles. The fourth-order valence-corrected chi connectivity index (χ4v) is 1.07. The third-order valence-electron chi connectivity index (χ3n) is 2.18. The molecule has 0 saturated carbocycles. The van der Waals surface area contributed by atoms with Gasteiger partial charge in [0.15, 0.2) is 0 Å². The van der Waals surface area contributed by atoms with E-state index in [1.54, 1.807) is 0 Å². The first-order valence-electron chi connectivity index (χ1n) is 4.34. The Bertz CT molecular complexity index is 220. The lowest BCUT2D eigenvalue weighted by atomic mass is 10.3. The molecule has 12 heavy (non-hydrogen) atoms. The maximum atomic E-state index is 2.25. The summed E-state index contributed by atoms with van der Waals surface area (Å²) in [6.07, 6.45) is 7.61. The van der Waals surface area contributed by atoms with E-state index in [2.05, 4.69) is 48.6 Å². The number of nitrogens with zero attached hydrogens (tertiary/aromatic N) is 2. The van der Waals surface area contributed by atoms with Gasteiger partial charge in [-0.15, -0.1) is 0 Å². The largest absolute Gasteiger partial charge is 1.00 e. The van der Waals surface area contributed by atoms with Crippen molar-refractivity contribution in [1.82, 2.24) is 4.57 Å². The first kappa shape index (κ1) is 11.7. The second-order valence-electron chi connectivity index (χ2n) is 2.95. The Hall–Kier alpha value is -0.310. The van der Waals surface area contributed by atoms with E-state index >= 15 is 0 Å². The topological polar surface area (TPSA) is 8.81 Å². The monoisotopic (exact) mass is 232 g/mol. The van der Waals surface area contributed by atoms with Crippen molar-refractivity contribution in [2.45, 2.75) is 39.8 Å². The molecule has 0 fully saturated rings. The third-order valence-corrected chi connectivity index (χ3v) is 2.18. The normalized spacial score (nSPS) is 12.2. The molecule has 0 aromatic carbocycles. The molecule has 0 radical (unpaired) electrons. The summed E-state index contributed by atoms with van der Waals surface area (Å²) in [7, 11) is 0. The van der Waals surface area contributed by atoms with E-state index in [1.165, 1.54) is 6.42 Å². The highest BCUT2D eigenvalue weighted by Gasteiger charge is 2.07. The molecule has 0 aliphatic carbocycles. The van der Waals surface area contributed by atoms with E-state index < -0.39 is 0 Å². The molecule has 1 aromatic heterocycles. The molecule has 3 heteroatoms. The smallest absolute Gasteiger partial charge is 0.243 e. The van der Waals surface area contributed by atoms with Gasteiger partial charge < -0.3 is 17.0 Å². The highest BCUT2D eigenvalue weighted by atomic mass is 79.9. The Morgan fingerprint density at radius 1 is 1.42 bits per heavy atom. The van der Waals surface area contributed by atoms with Crippen LogP contribution in [0.25, 0.3) is 0 Å². The van der Waals surface area contributed by atoms with Crippen molar-refractivity contribution in [3.8, 4) is 0 Å². The van der Waals surface area contributed by atoms with Crippen LogP contribution in [0, 0.1) is 0 Å². The summed E-state index contributed by atoms with van der Waals surface area (Å²) in [5.74, 6) is 0. The summed E-state index contributed by atoms with van der Waals surface area (Å²) < 4.78 is 4.44. The summed E-state index contributed by atoms with van der Waals surface area (Å²) in [5.41, 5.74) is 0. The molecule has 1 atom stereocenters. The summed E-state index contributed by atoms with van der Waals surface area (Å²) >= 11 is 0. The van der Waals surface area contributed by atoms with Gasteiger partial charge in [0.2, 0.25) is 6.33 Å². The minimum absolute atomic E-state index is 0. The van der Waals surface area contributed by atoms with Crippen LogP contribution in [0.15, 0.2) is 18.7 Å². The van der Waals surface area contributed by atoms with Gasteiger partial charge in [0.25, 0.3) is 0 Å². The highest BCUT2D eigenvalue weighted by molar-refractivity contribution is 4.71. The first-order chi connectivity index (χ1) is 5.27. The predicted molar refractivity (Wildman–Crippen MR) is 45.3 cm³/mol. The number of imidazole rings is 1. The fourth-order valence-electron chi connectivity index (χ4n) is 1.07. The molecule has 0 amide bonds. The Labute approximate surface area is 85.0 Å². The van der Waals surface area contributed by atoms with Gasteiger partial charge in [0, 0.05) is 0 Å². The molecule has 0 saturated heterocycles. The Kier molecular flexibility index (Phi) is 5.22. The standard InChI is InChI=1S/C9H17N2.BrH/c1-4-9(3)11-7-6-10(5-2)8-11;/h6-9H,4-5H2,1-3H3;1H/q+1;/p-1. The molecule has 0 spiro atoms. The molecule has 0 aliphatic rings. The molecule has 1 aromatic rings. The minimum atomic E-state index is 0. The lowest BCUT2D eigenvalue weighted by Crippen LogP contribution is -3.00. The number of hydrogen-bond donors (Lipinski definition) is 0. The molecule has 1 rings (SSSR count). The van der Waals surface area contributed by atoms with Crippen LogP contribution in [-0.2, 0) is 6.54 Å². The number of halogens is 1. The molecule has 70 valence electrons. The van der Waals surface area contributed by atoms with Crippen molar-refractivity contribution < 1.29 is 21.5 Å². The zero-order valence-electron chi connectivity index (χ0n) is 8.00. The number of hydrogen-bond acceptors (Lipinski definition) is 0. The van der Waals surface area contributed by atoms with Gasteiger partial charge in [-0.1, -0.05) is 6.92 Å². The minimum Gasteiger partial charge on any atom is -1.00 e. The Morgan fingerprint density at radius 2 is 2.08 bits per heavy atom. The second-order valence-corrected chi connectivity index (χ2v) is 2.95. The fraction of sp³-hybridized carbons (Fsp3) is 0.667. The summed E-state index contributed by atoms with van der Waals surface area (Å²) in [6, 6.07) is 0.628. The zero-order valence-corrected chi connectivity index (χ0v) is 9.58. The van der Waals surface area contributed by atoms with Gasteiger partial charge in [-0.05, 0) is 20.3 Å². The van der Waals surface area contributed by atoms with Gasteiger partial charge in [0.1, 0.15) is 12.4 Å². The van der Waals surface area contributed by atoms with Crippen LogP contribution < -0.4 is 21.5 Å². The predicted octanol–water partition coefficient (Wildman–Crippen LogP) is -1.23. The van der Waals surface area contributed by atoms with Gasteiger partial charge in [-0.3, -0.25) is 0 Å². The maximum Gasteiger partial charge on any atom is 0.243 e. The van der Waals surface area contributed by atoms with Crippen LogP contribution in [0.3, 0.4) is 0 Å². The molecular formula is C9H17BrN2. The average Bonchev–Trinajstić information content (AvgIpc) is 2.50. The van der Waals surface area contributed by atoms with Crippen molar-refractivity contribution in [2.24, 2.45) is 0 Å². The number of aromatic nitrogens is 2. The van der Waals surface area contributed by atoms with E-state index in [9.17, 15) is 0 Å². The summed E-state index contributed by atoms with van der Waals surface area (Å²) in [6.45, 7) is 7.66. The zero-order chi connectivity index (χ0) is 8.27. The molecule has 0 bridgehead atoms. The van der Waals surface area contributed by atoms with Crippen LogP contribution in [0.1, 0.15) is 33.2 Å². The summed E-state index contributed by atoms with van der Waals surface area (Å²) in [5, 5.41) is 0. The van der Waals surface area contributed by atoms with Crippen LogP contribution in [0.2, 0.25) is 0 Å².